The van der Waals surface area contributed by atoms with Gasteiger partial charge in [0, 0.05) is 16.3 Å². The lowest BCUT2D eigenvalue weighted by molar-refractivity contribution is -0.112. The molecule has 3 rings (SSSR count). The van der Waals surface area contributed by atoms with Crippen LogP contribution >= 0.6 is 11.6 Å². The number of amides is 1. The highest BCUT2D eigenvalue weighted by Gasteiger charge is 2.11. The SMILES string of the molecule is Cc1ccc(NC(=O)/C(C#N)=C/c2ccccc2OCc2ccc(Cl)cc2)cc1. The zero-order valence-corrected chi connectivity index (χ0v) is 16.6. The second-order valence-electron chi connectivity index (χ2n) is 6.44. The van der Waals surface area contributed by atoms with Gasteiger partial charge in [0.1, 0.15) is 24.0 Å². The van der Waals surface area contributed by atoms with Crippen molar-refractivity contribution in [3.05, 3.63) is 100 Å². The van der Waals surface area contributed by atoms with Crippen molar-refractivity contribution in [1.82, 2.24) is 0 Å². The summed E-state index contributed by atoms with van der Waals surface area (Å²) in [4.78, 5) is 12.5. The smallest absolute Gasteiger partial charge is 0.266 e. The lowest BCUT2D eigenvalue weighted by atomic mass is 10.1. The normalized spacial score (nSPS) is 10.9. The Bertz CT molecular complexity index is 1070. The van der Waals surface area contributed by atoms with Crippen molar-refractivity contribution in [2.45, 2.75) is 13.5 Å². The summed E-state index contributed by atoms with van der Waals surface area (Å²) in [5.41, 5.74) is 3.33. The quantitative estimate of drug-likeness (QED) is 0.420. The van der Waals surface area contributed by atoms with Crippen LogP contribution in [0.1, 0.15) is 16.7 Å². The number of nitrogens with zero attached hydrogens (tertiary/aromatic N) is 1. The lowest BCUT2D eigenvalue weighted by Crippen LogP contribution is -2.13. The van der Waals surface area contributed by atoms with Gasteiger partial charge in [-0.15, -0.1) is 0 Å². The van der Waals surface area contributed by atoms with Crippen LogP contribution in [-0.4, -0.2) is 5.91 Å². The first kappa shape index (κ1) is 20.2. The topological polar surface area (TPSA) is 62.1 Å². The molecule has 0 bridgehead atoms. The van der Waals surface area contributed by atoms with Crippen LogP contribution in [0, 0.1) is 18.3 Å². The van der Waals surface area contributed by atoms with E-state index in [0.717, 1.165) is 11.1 Å². The Morgan fingerprint density at radius 1 is 1.07 bits per heavy atom. The number of aryl methyl sites for hydroxylation is 1. The Morgan fingerprint density at radius 3 is 2.45 bits per heavy atom. The average molecular weight is 403 g/mol. The fourth-order valence-corrected chi connectivity index (χ4v) is 2.74. The van der Waals surface area contributed by atoms with Crippen molar-refractivity contribution < 1.29 is 9.53 Å². The van der Waals surface area contributed by atoms with Gasteiger partial charge in [-0.2, -0.15) is 5.26 Å². The van der Waals surface area contributed by atoms with E-state index in [-0.39, 0.29) is 5.57 Å². The minimum absolute atomic E-state index is 0.00637. The van der Waals surface area contributed by atoms with Crippen LogP contribution in [0.5, 0.6) is 5.75 Å². The molecule has 3 aromatic carbocycles. The Balaban J connectivity index is 1.76. The third-order valence-electron chi connectivity index (χ3n) is 4.20. The number of ether oxygens (including phenoxy) is 1. The maximum Gasteiger partial charge on any atom is 0.266 e. The Morgan fingerprint density at radius 2 is 1.76 bits per heavy atom. The molecule has 0 atom stereocenters. The van der Waals surface area contributed by atoms with Crippen LogP contribution in [0.4, 0.5) is 5.69 Å². The molecule has 0 heterocycles. The number of hydrogen-bond donors (Lipinski definition) is 1. The molecule has 0 aliphatic carbocycles. The number of halogens is 1. The molecule has 5 heteroatoms. The second kappa shape index (κ2) is 9.59. The van der Waals surface area contributed by atoms with Gasteiger partial charge in [0.2, 0.25) is 0 Å². The fourth-order valence-electron chi connectivity index (χ4n) is 2.61. The molecule has 0 radical (unpaired) electrons. The third kappa shape index (κ3) is 5.71. The minimum Gasteiger partial charge on any atom is -0.488 e. The molecule has 0 saturated carbocycles. The van der Waals surface area contributed by atoms with Gasteiger partial charge in [-0.25, -0.2) is 0 Å². The van der Waals surface area contributed by atoms with Crippen LogP contribution in [-0.2, 0) is 11.4 Å². The summed E-state index contributed by atoms with van der Waals surface area (Å²) in [5, 5.41) is 12.9. The Hall–Kier alpha value is -3.55. The summed E-state index contributed by atoms with van der Waals surface area (Å²) >= 11 is 5.91. The standard InChI is InChI=1S/C24H19ClN2O2/c1-17-6-12-22(13-7-17)27-24(28)20(15-26)14-19-4-2-3-5-23(19)29-16-18-8-10-21(25)11-9-18/h2-14H,16H2,1H3,(H,27,28)/b20-14+. The highest BCUT2D eigenvalue weighted by atomic mass is 35.5. The molecule has 0 spiro atoms. The molecule has 0 aliphatic rings. The number of nitrogens with one attached hydrogen (secondary N) is 1. The molecule has 0 unspecified atom stereocenters. The molecule has 0 saturated heterocycles. The van der Waals surface area contributed by atoms with E-state index in [1.165, 1.54) is 6.08 Å². The van der Waals surface area contributed by atoms with Crippen molar-refractivity contribution in [1.29, 1.82) is 5.26 Å². The first-order valence-electron chi connectivity index (χ1n) is 9.01. The summed E-state index contributed by atoms with van der Waals surface area (Å²) in [7, 11) is 0. The predicted octanol–water partition coefficient (Wildman–Crippen LogP) is 5.77. The molecule has 0 aromatic heterocycles. The number of benzene rings is 3. The minimum atomic E-state index is -0.469. The highest BCUT2D eigenvalue weighted by molar-refractivity contribution is 6.30. The first-order valence-corrected chi connectivity index (χ1v) is 9.39. The van der Waals surface area contributed by atoms with Crippen LogP contribution in [0.3, 0.4) is 0 Å². The zero-order valence-electron chi connectivity index (χ0n) is 15.9. The molecule has 0 fully saturated rings. The number of hydrogen-bond acceptors (Lipinski definition) is 3. The average Bonchev–Trinajstić information content (AvgIpc) is 2.74. The number of carbonyl (C=O) groups is 1. The van der Waals surface area contributed by atoms with Crippen molar-refractivity contribution in [2.75, 3.05) is 5.32 Å². The number of carbonyl (C=O) groups excluding carboxylic acids is 1. The van der Waals surface area contributed by atoms with Gasteiger partial charge in [0.15, 0.2) is 0 Å². The van der Waals surface area contributed by atoms with E-state index in [9.17, 15) is 10.1 Å². The summed E-state index contributed by atoms with van der Waals surface area (Å²) in [6.07, 6.45) is 1.53. The monoisotopic (exact) mass is 402 g/mol. The molecule has 3 aromatic rings. The maximum atomic E-state index is 12.5. The summed E-state index contributed by atoms with van der Waals surface area (Å²) in [6.45, 7) is 2.31. The second-order valence-corrected chi connectivity index (χ2v) is 6.88. The number of anilines is 1. The molecular formula is C24H19ClN2O2. The van der Waals surface area contributed by atoms with Gasteiger partial charge in [-0.3, -0.25) is 4.79 Å². The highest BCUT2D eigenvalue weighted by Crippen LogP contribution is 2.23. The van der Waals surface area contributed by atoms with E-state index in [1.54, 1.807) is 36.4 Å². The van der Waals surface area contributed by atoms with Gasteiger partial charge in [0.05, 0.1) is 0 Å². The maximum absolute atomic E-state index is 12.5. The van der Waals surface area contributed by atoms with Crippen LogP contribution in [0.2, 0.25) is 5.02 Å². The van der Waals surface area contributed by atoms with Gasteiger partial charge >= 0.3 is 0 Å². The molecule has 1 amide bonds. The van der Waals surface area contributed by atoms with Gasteiger partial charge < -0.3 is 10.1 Å². The van der Waals surface area contributed by atoms with E-state index in [4.69, 9.17) is 16.3 Å². The fraction of sp³-hybridized carbons (Fsp3) is 0.0833. The third-order valence-corrected chi connectivity index (χ3v) is 4.45. The number of nitriles is 1. The first-order chi connectivity index (χ1) is 14.0. The molecule has 0 aliphatic heterocycles. The van der Waals surface area contributed by atoms with Crippen LogP contribution in [0.15, 0.2) is 78.4 Å². The van der Waals surface area contributed by atoms with E-state index in [2.05, 4.69) is 5.32 Å². The van der Waals surface area contributed by atoms with E-state index in [0.29, 0.717) is 28.6 Å². The Labute approximate surface area is 175 Å². The van der Waals surface area contributed by atoms with Crippen LogP contribution in [0.25, 0.3) is 6.08 Å². The van der Waals surface area contributed by atoms with E-state index >= 15 is 0 Å². The van der Waals surface area contributed by atoms with E-state index in [1.807, 2.05) is 49.4 Å². The van der Waals surface area contributed by atoms with E-state index < -0.39 is 5.91 Å². The van der Waals surface area contributed by atoms with Crippen molar-refractivity contribution >= 4 is 29.3 Å². The summed E-state index contributed by atoms with van der Waals surface area (Å²) < 4.78 is 5.89. The van der Waals surface area contributed by atoms with Crippen molar-refractivity contribution in [3.8, 4) is 11.8 Å². The lowest BCUT2D eigenvalue weighted by Gasteiger charge is -2.10. The number of rotatable bonds is 6. The summed E-state index contributed by atoms with van der Waals surface area (Å²) in [5.74, 6) is 0.113. The van der Waals surface area contributed by atoms with Gasteiger partial charge in [-0.05, 0) is 48.9 Å². The predicted molar refractivity (Wildman–Crippen MR) is 116 cm³/mol. The largest absolute Gasteiger partial charge is 0.488 e. The Kier molecular flexibility index (Phi) is 6.67. The van der Waals surface area contributed by atoms with Gasteiger partial charge in [-0.1, -0.05) is 59.6 Å². The van der Waals surface area contributed by atoms with Crippen LogP contribution < -0.4 is 10.1 Å². The van der Waals surface area contributed by atoms with Gasteiger partial charge in [0.25, 0.3) is 5.91 Å². The van der Waals surface area contributed by atoms with Crippen molar-refractivity contribution in [3.63, 3.8) is 0 Å². The molecule has 4 nitrogen and oxygen atoms in total. The number of para-hydroxylation sites is 1. The van der Waals surface area contributed by atoms with Crippen molar-refractivity contribution in [2.24, 2.45) is 0 Å². The zero-order chi connectivity index (χ0) is 20.6. The molecule has 29 heavy (non-hydrogen) atoms. The molecule has 144 valence electrons. The molecule has 1 N–H and O–H groups in total. The summed E-state index contributed by atoms with van der Waals surface area (Å²) in [6, 6.07) is 24.0. The molecular weight excluding hydrogens is 384 g/mol.